The third kappa shape index (κ3) is 4.15. The van der Waals surface area contributed by atoms with E-state index in [4.69, 9.17) is 0 Å². The molecule has 7 heteroatoms. The van der Waals surface area contributed by atoms with Gasteiger partial charge in [0.15, 0.2) is 0 Å². The fraction of sp³-hybridized carbons (Fsp3) is 0.267. The van der Waals surface area contributed by atoms with E-state index in [1.807, 2.05) is 0 Å². The summed E-state index contributed by atoms with van der Waals surface area (Å²) >= 11 is 0. The van der Waals surface area contributed by atoms with Crippen molar-refractivity contribution in [3.05, 3.63) is 67.7 Å². The fourth-order valence-corrected chi connectivity index (χ4v) is 2.06. The normalized spacial score (nSPS) is 10.5. The molecule has 1 aromatic heterocycles. The van der Waals surface area contributed by atoms with Crippen LogP contribution in [0.15, 0.2) is 33.9 Å². The predicted octanol–water partition coefficient (Wildman–Crippen LogP) is 0.760. The third-order valence-electron chi connectivity index (χ3n) is 3.26. The zero-order valence-corrected chi connectivity index (χ0v) is 12.0. The van der Waals surface area contributed by atoms with Crippen molar-refractivity contribution in [1.29, 1.82) is 0 Å². The van der Waals surface area contributed by atoms with Crippen molar-refractivity contribution >= 4 is 5.91 Å². The van der Waals surface area contributed by atoms with Crippen molar-refractivity contribution in [1.82, 2.24) is 15.3 Å². The number of rotatable bonds is 5. The summed E-state index contributed by atoms with van der Waals surface area (Å²) in [7, 11) is 0. The van der Waals surface area contributed by atoms with Gasteiger partial charge >= 0.3 is 5.69 Å². The molecule has 116 valence electrons. The highest BCUT2D eigenvalue weighted by Gasteiger charge is 2.09. The molecule has 0 aliphatic rings. The van der Waals surface area contributed by atoms with Gasteiger partial charge in [0.2, 0.25) is 5.91 Å². The highest BCUT2D eigenvalue weighted by atomic mass is 19.1. The molecule has 0 bridgehead atoms. The molecule has 2 rings (SSSR count). The maximum absolute atomic E-state index is 12.8. The van der Waals surface area contributed by atoms with Gasteiger partial charge in [-0.05, 0) is 31.0 Å². The summed E-state index contributed by atoms with van der Waals surface area (Å²) in [4.78, 5) is 39.1. The zero-order chi connectivity index (χ0) is 16.1. The smallest absolute Gasteiger partial charge is 0.325 e. The number of hydrogen-bond donors (Lipinski definition) is 3. The number of aromatic nitrogens is 2. The highest BCUT2D eigenvalue weighted by Crippen LogP contribution is 2.03. The van der Waals surface area contributed by atoms with Gasteiger partial charge in [0, 0.05) is 24.2 Å². The van der Waals surface area contributed by atoms with E-state index >= 15 is 0 Å². The highest BCUT2D eigenvalue weighted by molar-refractivity contribution is 5.76. The molecule has 0 saturated heterocycles. The molecule has 6 nitrogen and oxygen atoms in total. The number of aromatic amines is 2. The molecule has 0 aliphatic heterocycles. The van der Waals surface area contributed by atoms with Crippen LogP contribution in [0.1, 0.15) is 23.2 Å². The van der Waals surface area contributed by atoms with Crippen molar-refractivity contribution in [2.24, 2.45) is 0 Å². The fourth-order valence-electron chi connectivity index (χ4n) is 2.06. The summed E-state index contributed by atoms with van der Waals surface area (Å²) in [5.74, 6) is -0.558. The molecule has 1 amide bonds. The average Bonchev–Trinajstić information content (AvgIpc) is 2.45. The van der Waals surface area contributed by atoms with Gasteiger partial charge in [0.1, 0.15) is 5.82 Å². The molecule has 0 fully saturated rings. The van der Waals surface area contributed by atoms with Gasteiger partial charge in [-0.25, -0.2) is 9.18 Å². The van der Waals surface area contributed by atoms with Gasteiger partial charge in [-0.2, -0.15) is 0 Å². The van der Waals surface area contributed by atoms with E-state index in [0.29, 0.717) is 17.8 Å². The van der Waals surface area contributed by atoms with E-state index in [9.17, 15) is 18.8 Å². The van der Waals surface area contributed by atoms with Crippen molar-refractivity contribution < 1.29 is 9.18 Å². The minimum atomic E-state index is -0.563. The second kappa shape index (κ2) is 6.84. The van der Waals surface area contributed by atoms with Crippen molar-refractivity contribution in [2.45, 2.75) is 26.3 Å². The van der Waals surface area contributed by atoms with Crippen LogP contribution in [-0.4, -0.2) is 15.9 Å². The summed E-state index contributed by atoms with van der Waals surface area (Å²) in [5.41, 5.74) is 0.587. The van der Waals surface area contributed by atoms with Crippen LogP contribution < -0.4 is 16.6 Å². The number of nitrogens with one attached hydrogen (secondary N) is 3. The van der Waals surface area contributed by atoms with Gasteiger partial charge in [-0.1, -0.05) is 12.1 Å². The molecule has 0 atom stereocenters. The minimum Gasteiger partial charge on any atom is -0.352 e. The number of halogens is 1. The second-order valence-electron chi connectivity index (χ2n) is 4.91. The molecular weight excluding hydrogens is 289 g/mol. The van der Waals surface area contributed by atoms with Gasteiger partial charge in [0.25, 0.3) is 5.56 Å². The Morgan fingerprint density at radius 2 is 1.86 bits per heavy atom. The summed E-state index contributed by atoms with van der Waals surface area (Å²) in [6, 6.07) is 5.83. The van der Waals surface area contributed by atoms with E-state index < -0.39 is 11.2 Å². The van der Waals surface area contributed by atoms with Crippen molar-refractivity contribution in [3.8, 4) is 0 Å². The molecule has 0 unspecified atom stereocenters. The van der Waals surface area contributed by atoms with E-state index in [1.165, 1.54) is 12.1 Å². The van der Waals surface area contributed by atoms with Crippen LogP contribution in [0.5, 0.6) is 0 Å². The van der Waals surface area contributed by atoms with Crippen molar-refractivity contribution in [2.75, 3.05) is 0 Å². The first-order chi connectivity index (χ1) is 10.5. The first-order valence-corrected chi connectivity index (χ1v) is 6.79. The van der Waals surface area contributed by atoms with Gasteiger partial charge in [0.05, 0.1) is 0 Å². The molecule has 1 heterocycles. The summed E-state index contributed by atoms with van der Waals surface area (Å²) < 4.78 is 12.8. The largest absolute Gasteiger partial charge is 0.352 e. The van der Waals surface area contributed by atoms with Gasteiger partial charge in [-0.15, -0.1) is 0 Å². The van der Waals surface area contributed by atoms with Crippen LogP contribution in [0.3, 0.4) is 0 Å². The molecule has 22 heavy (non-hydrogen) atoms. The molecule has 0 radical (unpaired) electrons. The Balaban J connectivity index is 1.89. The van der Waals surface area contributed by atoms with Gasteiger partial charge in [-0.3, -0.25) is 14.6 Å². The standard InChI is InChI=1S/C15H16FN3O3/c1-9-12(14(21)19-15(22)18-9)6-7-13(20)17-8-10-2-4-11(16)5-3-10/h2-5H,6-8H2,1H3,(H,17,20)(H2,18,19,21,22). The Morgan fingerprint density at radius 1 is 1.18 bits per heavy atom. The lowest BCUT2D eigenvalue weighted by Gasteiger charge is -2.06. The quantitative estimate of drug-likeness (QED) is 0.761. The Hall–Kier alpha value is -2.70. The molecule has 2 aromatic rings. The number of benzene rings is 1. The van der Waals surface area contributed by atoms with Crippen molar-refractivity contribution in [3.63, 3.8) is 0 Å². The Morgan fingerprint density at radius 3 is 2.50 bits per heavy atom. The average molecular weight is 305 g/mol. The van der Waals surface area contributed by atoms with Crippen LogP contribution in [0.25, 0.3) is 0 Å². The number of carbonyl (C=O) groups excluding carboxylic acids is 1. The zero-order valence-electron chi connectivity index (χ0n) is 12.0. The second-order valence-corrected chi connectivity index (χ2v) is 4.91. The number of carbonyl (C=O) groups is 1. The van der Waals surface area contributed by atoms with Crippen LogP contribution in [0.4, 0.5) is 4.39 Å². The van der Waals surface area contributed by atoms with E-state index in [0.717, 1.165) is 5.56 Å². The van der Waals surface area contributed by atoms with E-state index in [2.05, 4.69) is 15.3 Å². The molecule has 0 spiro atoms. The number of aryl methyl sites for hydroxylation is 1. The summed E-state index contributed by atoms with van der Waals surface area (Å²) in [6.45, 7) is 1.91. The summed E-state index contributed by atoms with van der Waals surface area (Å²) in [6.07, 6.45) is 0.352. The Bertz CT molecular complexity index is 778. The van der Waals surface area contributed by atoms with E-state index in [1.54, 1.807) is 19.1 Å². The topological polar surface area (TPSA) is 94.8 Å². The van der Waals surface area contributed by atoms with Gasteiger partial charge < -0.3 is 10.3 Å². The number of hydrogen-bond acceptors (Lipinski definition) is 3. The summed E-state index contributed by atoms with van der Waals surface area (Å²) in [5, 5.41) is 2.69. The van der Waals surface area contributed by atoms with Crippen LogP contribution in [0, 0.1) is 12.7 Å². The molecule has 0 aliphatic carbocycles. The lowest BCUT2D eigenvalue weighted by atomic mass is 10.1. The van der Waals surface area contributed by atoms with E-state index in [-0.39, 0.29) is 24.6 Å². The monoisotopic (exact) mass is 305 g/mol. The first-order valence-electron chi connectivity index (χ1n) is 6.79. The molecular formula is C15H16FN3O3. The third-order valence-corrected chi connectivity index (χ3v) is 3.26. The lowest BCUT2D eigenvalue weighted by Crippen LogP contribution is -2.29. The SMILES string of the molecule is Cc1[nH]c(=O)[nH]c(=O)c1CCC(=O)NCc1ccc(F)cc1. The predicted molar refractivity (Wildman–Crippen MR) is 79.0 cm³/mol. The maximum atomic E-state index is 12.8. The molecule has 0 saturated carbocycles. The van der Waals surface area contributed by atoms with Crippen LogP contribution in [0.2, 0.25) is 0 Å². The maximum Gasteiger partial charge on any atom is 0.325 e. The van der Waals surface area contributed by atoms with Crippen LogP contribution in [-0.2, 0) is 17.8 Å². The number of amides is 1. The molecule has 3 N–H and O–H groups in total. The number of H-pyrrole nitrogens is 2. The lowest BCUT2D eigenvalue weighted by molar-refractivity contribution is -0.121. The van der Waals surface area contributed by atoms with Crippen LogP contribution >= 0.6 is 0 Å². The minimum absolute atomic E-state index is 0.122. The molecule has 1 aromatic carbocycles. The Kier molecular flexibility index (Phi) is 4.88. The first kappa shape index (κ1) is 15.7. The Labute approximate surface area is 125 Å².